The minimum atomic E-state index is -7.22. The van der Waals surface area contributed by atoms with Gasteiger partial charge in [0, 0.05) is 11.5 Å². The molecule has 1 aliphatic rings. The normalized spacial score (nSPS) is 13.2. The average molecular weight is 960 g/mol. The molecule has 0 N–H and O–H groups in total. The van der Waals surface area contributed by atoms with Gasteiger partial charge in [-0.3, -0.25) is 4.79 Å². The molecule has 1 aliphatic carbocycles. The summed E-state index contributed by atoms with van der Waals surface area (Å²) in [4.78, 5) is 16.8. The lowest BCUT2D eigenvalue weighted by atomic mass is 9.12. The van der Waals surface area contributed by atoms with Crippen molar-refractivity contribution in [1.29, 1.82) is 0 Å². The van der Waals surface area contributed by atoms with Gasteiger partial charge in [0.25, 0.3) is 0 Å². The predicted octanol–water partition coefficient (Wildman–Crippen LogP) is 9.03. The van der Waals surface area contributed by atoms with Gasteiger partial charge in [0.15, 0.2) is 100 Å². The maximum absolute atomic E-state index is 15.4. The lowest BCUT2D eigenvalue weighted by Crippen LogP contribution is -2.81. The highest BCUT2D eigenvalue weighted by atomic mass is 19.2. The number of Topliss-reactive ketones (excluding diaryl/α,β-unsaturated/α-hetero) is 1. The molecular weight excluding hydrogens is 939 g/mol. The third kappa shape index (κ3) is 8.00. The molecule has 0 atom stereocenters. The second-order valence-corrected chi connectivity index (χ2v) is 14.6. The fourth-order valence-corrected chi connectivity index (χ4v) is 7.90. The second-order valence-electron chi connectivity index (χ2n) is 14.6. The summed E-state index contributed by atoms with van der Waals surface area (Å²) in [6, 6.07) is 10.3. The van der Waals surface area contributed by atoms with Crippen molar-refractivity contribution in [3.63, 3.8) is 0 Å². The first kappa shape index (κ1) is 49.0. The van der Waals surface area contributed by atoms with Crippen molar-refractivity contribution in [2.24, 2.45) is 5.92 Å². The van der Waals surface area contributed by atoms with E-state index in [9.17, 15) is 57.5 Å². The first-order valence-corrected chi connectivity index (χ1v) is 18.7. The number of hydrogen-bond donors (Lipinski definition) is 0. The summed E-state index contributed by atoms with van der Waals surface area (Å²) in [6.45, 7) is 0.772. The first-order valence-electron chi connectivity index (χ1n) is 18.7. The van der Waals surface area contributed by atoms with E-state index in [-0.39, 0.29) is 11.7 Å². The van der Waals surface area contributed by atoms with Gasteiger partial charge in [-0.1, -0.05) is 49.6 Å². The van der Waals surface area contributed by atoms with Crippen molar-refractivity contribution in [3.8, 4) is 0 Å². The summed E-state index contributed by atoms with van der Waals surface area (Å²) in [7, 11) is 0. The van der Waals surface area contributed by atoms with Crippen LogP contribution in [0.5, 0.6) is 0 Å². The summed E-state index contributed by atoms with van der Waals surface area (Å²) >= 11 is 0. The number of nitrogens with zero attached hydrogens (tertiary/aromatic N) is 2. The van der Waals surface area contributed by atoms with E-state index in [0.717, 1.165) is 19.4 Å². The summed E-state index contributed by atoms with van der Waals surface area (Å²) in [6.07, 6.45) is 3.99. The molecule has 24 heteroatoms. The van der Waals surface area contributed by atoms with E-state index in [4.69, 9.17) is 0 Å². The number of hydrogen-bond acceptors (Lipinski definition) is 2. The van der Waals surface area contributed by atoms with Gasteiger partial charge in [-0.05, 0) is 12.8 Å². The summed E-state index contributed by atoms with van der Waals surface area (Å²) in [5.74, 6) is -71.0. The van der Waals surface area contributed by atoms with E-state index in [1.54, 1.807) is 6.20 Å². The van der Waals surface area contributed by atoms with Crippen LogP contribution in [0, 0.1) is 122 Å². The molecule has 0 spiro atoms. The van der Waals surface area contributed by atoms with Gasteiger partial charge >= 0.3 is 0 Å². The number of aromatic nitrogens is 2. The van der Waals surface area contributed by atoms with Crippen LogP contribution in [0.3, 0.4) is 0 Å². The van der Waals surface area contributed by atoms with E-state index in [1.165, 1.54) is 24.8 Å². The average Bonchev–Trinajstić information content (AvgIpc) is 3.32. The standard InChI is InChI=1S/C24BF20.C18H21N2O/c26-5-1(6(27)14(35)21(42)13(5)34)25(2-7(28)15(36)22(43)16(37)8(2)29,3-9(30)17(38)23(44)18(39)10(3)31)4-11(32)19(40)24(45)20(41)12(4)33;21-18(16-9-5-2-6-10-16)17-14-20(12-11-19-17)13-15-7-3-1-4-8-15/h;1,3-4,7-8,11-12,14,16H,2,5-6,9-10,13H2/q-1;+1. The Morgan fingerprint density at radius 1 is 0.455 bits per heavy atom. The number of rotatable bonds is 8. The van der Waals surface area contributed by atoms with Gasteiger partial charge < -0.3 is 0 Å². The smallest absolute Gasteiger partial charge is 0.200 e. The molecule has 0 amide bonds. The molecule has 1 saturated carbocycles. The SMILES string of the molecule is Fc1c(F)c(F)c([B-](c2c(F)c(F)c(F)c(F)c2F)(c2c(F)c(F)c(F)c(F)c2F)c2c(F)c(F)c(F)c(F)c2F)c(F)c1F.O=C(c1c[n+](Cc2ccccc2)ccn1)C1CCCCC1. The Hall–Kier alpha value is -6.49. The molecule has 1 heterocycles. The highest BCUT2D eigenvalue weighted by Gasteiger charge is 2.52. The van der Waals surface area contributed by atoms with Gasteiger partial charge in [0.1, 0.15) is 52.7 Å². The Morgan fingerprint density at radius 2 is 0.758 bits per heavy atom. The van der Waals surface area contributed by atoms with Crippen molar-refractivity contribution in [3.05, 3.63) is 177 Å². The van der Waals surface area contributed by atoms with E-state index in [1.807, 2.05) is 35.2 Å². The van der Waals surface area contributed by atoms with Crippen molar-refractivity contribution in [1.82, 2.24) is 4.98 Å². The van der Waals surface area contributed by atoms with Gasteiger partial charge in [-0.15, -0.1) is 21.9 Å². The first-order chi connectivity index (χ1) is 31.0. The minimum absolute atomic E-state index is 0.179. The predicted molar refractivity (Wildman–Crippen MR) is 190 cm³/mol. The van der Waals surface area contributed by atoms with Crippen LogP contribution in [-0.2, 0) is 6.54 Å². The maximum atomic E-state index is 15.4. The molecule has 3 nitrogen and oxygen atoms in total. The van der Waals surface area contributed by atoms with Crippen molar-refractivity contribution in [2.75, 3.05) is 0 Å². The largest absolute Gasteiger partial charge is 0.292 e. The lowest BCUT2D eigenvalue weighted by Gasteiger charge is -2.44. The maximum Gasteiger partial charge on any atom is 0.200 e. The molecule has 348 valence electrons. The van der Waals surface area contributed by atoms with Gasteiger partial charge in [-0.25, -0.2) is 92.8 Å². The molecule has 0 saturated heterocycles. The van der Waals surface area contributed by atoms with Crippen molar-refractivity contribution >= 4 is 33.8 Å². The second kappa shape index (κ2) is 18.8. The Morgan fingerprint density at radius 3 is 1.08 bits per heavy atom. The number of ketones is 1. The third-order valence-corrected chi connectivity index (χ3v) is 10.9. The zero-order valence-electron chi connectivity index (χ0n) is 32.4. The van der Waals surface area contributed by atoms with Crippen LogP contribution >= 0.6 is 0 Å². The molecule has 0 bridgehead atoms. The zero-order valence-corrected chi connectivity index (χ0v) is 32.4. The Kier molecular flexibility index (Phi) is 13.9. The molecule has 1 fully saturated rings. The number of carbonyl (C=O) groups is 1. The number of benzene rings is 5. The van der Waals surface area contributed by atoms with Crippen LogP contribution in [0.25, 0.3) is 0 Å². The number of carbonyl (C=O) groups excluding carboxylic acids is 1. The highest BCUT2D eigenvalue weighted by molar-refractivity contribution is 7.20. The molecule has 0 aliphatic heterocycles. The highest BCUT2D eigenvalue weighted by Crippen LogP contribution is 2.31. The fraction of sp³-hybridized carbons (Fsp3) is 0.167. The molecule has 7 rings (SSSR count). The summed E-state index contributed by atoms with van der Waals surface area (Å²) in [5, 5.41) is 0. The Bertz CT molecular complexity index is 2530. The van der Waals surface area contributed by atoms with Crippen LogP contribution in [0.2, 0.25) is 0 Å². The van der Waals surface area contributed by atoms with Crippen molar-refractivity contribution < 1.29 is 97.2 Å². The molecular formula is C42H21BF20N2O. The molecule has 6 aromatic rings. The quantitative estimate of drug-likeness (QED) is 0.0382. The molecule has 0 unspecified atom stereocenters. The third-order valence-electron chi connectivity index (χ3n) is 10.9. The van der Waals surface area contributed by atoms with Crippen LogP contribution in [-0.4, -0.2) is 16.9 Å². The minimum Gasteiger partial charge on any atom is -0.292 e. The summed E-state index contributed by atoms with van der Waals surface area (Å²) < 4.78 is 296. The molecule has 5 aromatic carbocycles. The van der Waals surface area contributed by atoms with E-state index >= 15 is 35.1 Å². The van der Waals surface area contributed by atoms with Crippen molar-refractivity contribution in [2.45, 2.75) is 38.6 Å². The Labute approximate surface area is 356 Å². The Balaban J connectivity index is 0.000000284. The van der Waals surface area contributed by atoms with Crippen LogP contribution in [0.15, 0.2) is 48.9 Å². The van der Waals surface area contributed by atoms with E-state index in [0.29, 0.717) is 5.69 Å². The molecule has 0 radical (unpaired) electrons. The topological polar surface area (TPSA) is 33.8 Å². The van der Waals surface area contributed by atoms with Gasteiger partial charge in [0.2, 0.25) is 0 Å². The zero-order chi connectivity index (χ0) is 48.8. The van der Waals surface area contributed by atoms with E-state index < -0.39 is 144 Å². The van der Waals surface area contributed by atoms with Crippen LogP contribution in [0.1, 0.15) is 48.2 Å². The number of halogens is 20. The molecule has 66 heavy (non-hydrogen) atoms. The monoisotopic (exact) mass is 960 g/mol. The van der Waals surface area contributed by atoms with Gasteiger partial charge in [0.05, 0.1) is 6.20 Å². The lowest BCUT2D eigenvalue weighted by molar-refractivity contribution is -0.689. The molecule has 1 aromatic heterocycles. The van der Waals surface area contributed by atoms with Crippen LogP contribution < -0.4 is 26.4 Å². The van der Waals surface area contributed by atoms with Gasteiger partial charge in [-0.2, -0.15) is 4.57 Å². The van der Waals surface area contributed by atoms with E-state index in [2.05, 4.69) is 17.1 Å². The summed E-state index contributed by atoms with van der Waals surface area (Å²) in [5.41, 5.74) is -12.5. The fourth-order valence-electron chi connectivity index (χ4n) is 7.90. The van der Waals surface area contributed by atoms with Crippen LogP contribution in [0.4, 0.5) is 87.8 Å².